The van der Waals surface area contributed by atoms with Gasteiger partial charge in [0.05, 0.1) is 6.61 Å². The number of carbonyl (C=O) groups excluding carboxylic acids is 3. The topological polar surface area (TPSA) is 79.0 Å². The Balaban J connectivity index is 1.39. The highest BCUT2D eigenvalue weighted by molar-refractivity contribution is 7.99. The van der Waals surface area contributed by atoms with Crippen molar-refractivity contribution in [2.75, 3.05) is 25.4 Å². The minimum atomic E-state index is -1.23. The van der Waals surface area contributed by atoms with Crippen LogP contribution in [0.2, 0.25) is 0 Å². The van der Waals surface area contributed by atoms with Crippen LogP contribution in [0.1, 0.15) is 22.9 Å². The molecule has 4 amide bonds. The Morgan fingerprint density at radius 1 is 1.19 bits per heavy atom. The van der Waals surface area contributed by atoms with Gasteiger partial charge in [-0.3, -0.25) is 14.5 Å². The van der Waals surface area contributed by atoms with Crippen molar-refractivity contribution in [3.63, 3.8) is 0 Å². The molecule has 0 radical (unpaired) electrons. The summed E-state index contributed by atoms with van der Waals surface area (Å²) in [6, 6.07) is 12.8. The summed E-state index contributed by atoms with van der Waals surface area (Å²) in [5.74, 6) is -0.0341. The Hall–Kier alpha value is -3.07. The van der Waals surface area contributed by atoms with E-state index in [1.807, 2.05) is 0 Å². The van der Waals surface area contributed by atoms with Gasteiger partial charge in [0, 0.05) is 29.8 Å². The third-order valence-electron chi connectivity index (χ3n) is 5.93. The van der Waals surface area contributed by atoms with Crippen LogP contribution in [0.25, 0.3) is 0 Å². The summed E-state index contributed by atoms with van der Waals surface area (Å²) in [5.41, 5.74) is -0.211. The van der Waals surface area contributed by atoms with E-state index >= 15 is 0 Å². The van der Waals surface area contributed by atoms with Crippen LogP contribution >= 0.6 is 11.8 Å². The molecule has 5 rings (SSSR count). The number of ether oxygens (including phenoxy) is 1. The van der Waals surface area contributed by atoms with Crippen molar-refractivity contribution in [1.82, 2.24) is 15.1 Å². The van der Waals surface area contributed by atoms with E-state index in [-0.39, 0.29) is 31.3 Å². The minimum Gasteiger partial charge on any atom is -0.493 e. The number of amides is 4. The first kappa shape index (κ1) is 19.9. The molecule has 3 aliphatic rings. The van der Waals surface area contributed by atoms with Gasteiger partial charge in [-0.1, -0.05) is 36.4 Å². The van der Waals surface area contributed by atoms with Gasteiger partial charge in [-0.05, 0) is 12.1 Å². The average molecular weight is 441 g/mol. The van der Waals surface area contributed by atoms with Crippen LogP contribution in [0.4, 0.5) is 9.18 Å². The first-order valence-electron chi connectivity index (χ1n) is 10.0. The van der Waals surface area contributed by atoms with Gasteiger partial charge in [0.25, 0.3) is 5.91 Å². The standard InChI is InChI=1S/C22H20FN3O4S/c23-16-7-3-1-5-14(16)19-25(10-12-31-19)18(27)13-26-20(28)22(24-21(26)29)9-11-30-17-8-4-2-6-15(17)22/h1-8,19H,9-13H2,(H,24,29)/t19-,22-/m1/s1. The molecule has 7 nitrogen and oxygen atoms in total. The smallest absolute Gasteiger partial charge is 0.325 e. The number of nitrogens with one attached hydrogen (secondary N) is 1. The number of para-hydroxylation sites is 1. The molecule has 31 heavy (non-hydrogen) atoms. The van der Waals surface area contributed by atoms with Crippen LogP contribution in [-0.2, 0) is 15.1 Å². The molecule has 2 saturated heterocycles. The van der Waals surface area contributed by atoms with E-state index in [2.05, 4.69) is 5.32 Å². The normalized spacial score (nSPS) is 24.9. The lowest BCUT2D eigenvalue weighted by molar-refractivity contribution is -0.139. The van der Waals surface area contributed by atoms with Crippen LogP contribution in [-0.4, -0.2) is 53.1 Å². The van der Waals surface area contributed by atoms with Crippen molar-refractivity contribution in [1.29, 1.82) is 0 Å². The highest BCUT2D eigenvalue weighted by Crippen LogP contribution is 2.42. The summed E-state index contributed by atoms with van der Waals surface area (Å²) in [4.78, 5) is 41.7. The number of imide groups is 1. The molecule has 2 atom stereocenters. The molecule has 2 aromatic rings. The van der Waals surface area contributed by atoms with Crippen molar-refractivity contribution < 1.29 is 23.5 Å². The highest BCUT2D eigenvalue weighted by Gasteiger charge is 2.55. The first-order chi connectivity index (χ1) is 15.0. The van der Waals surface area contributed by atoms with Crippen molar-refractivity contribution in [2.45, 2.75) is 17.3 Å². The van der Waals surface area contributed by atoms with E-state index in [0.29, 0.717) is 29.2 Å². The maximum atomic E-state index is 14.3. The number of nitrogens with zero attached hydrogens (tertiary/aromatic N) is 2. The fraction of sp³-hybridized carbons (Fsp3) is 0.318. The molecular weight excluding hydrogens is 421 g/mol. The van der Waals surface area contributed by atoms with Crippen LogP contribution in [0.3, 0.4) is 0 Å². The van der Waals surface area contributed by atoms with E-state index in [4.69, 9.17) is 4.74 Å². The number of fused-ring (bicyclic) bond motifs is 2. The Morgan fingerprint density at radius 2 is 1.97 bits per heavy atom. The lowest BCUT2D eigenvalue weighted by Crippen LogP contribution is -2.48. The predicted octanol–water partition coefficient (Wildman–Crippen LogP) is 2.63. The maximum Gasteiger partial charge on any atom is 0.325 e. The molecular formula is C22H20FN3O4S. The Labute approximate surface area is 182 Å². The molecule has 0 bridgehead atoms. The monoisotopic (exact) mass is 441 g/mol. The molecule has 9 heteroatoms. The zero-order valence-electron chi connectivity index (χ0n) is 16.5. The molecule has 1 N–H and O–H groups in total. The van der Waals surface area contributed by atoms with E-state index in [0.717, 1.165) is 4.90 Å². The summed E-state index contributed by atoms with van der Waals surface area (Å²) in [6.07, 6.45) is 0.288. The SMILES string of the molecule is O=C1N[C@@]2(CCOc3ccccc32)C(=O)N1CC(=O)N1CCS[C@@H]1c1ccccc1F. The van der Waals surface area contributed by atoms with Gasteiger partial charge < -0.3 is 15.0 Å². The second kappa shape index (κ2) is 7.56. The number of rotatable bonds is 3. The first-order valence-corrected chi connectivity index (χ1v) is 11.1. The molecule has 2 aromatic carbocycles. The molecule has 1 spiro atoms. The Bertz CT molecular complexity index is 1080. The van der Waals surface area contributed by atoms with Gasteiger partial charge in [-0.2, -0.15) is 0 Å². The predicted molar refractivity (Wildman–Crippen MR) is 112 cm³/mol. The van der Waals surface area contributed by atoms with Gasteiger partial charge in [0.2, 0.25) is 5.91 Å². The molecule has 160 valence electrons. The minimum absolute atomic E-state index is 0.281. The molecule has 0 unspecified atom stereocenters. The van der Waals surface area contributed by atoms with Crippen molar-refractivity contribution in [3.05, 3.63) is 65.5 Å². The largest absolute Gasteiger partial charge is 0.493 e. The maximum absolute atomic E-state index is 14.3. The van der Waals surface area contributed by atoms with E-state index in [1.165, 1.54) is 22.7 Å². The lowest BCUT2D eigenvalue weighted by atomic mass is 9.84. The third-order valence-corrected chi connectivity index (χ3v) is 7.18. The molecule has 0 saturated carbocycles. The van der Waals surface area contributed by atoms with Gasteiger partial charge in [0.1, 0.15) is 23.5 Å². The van der Waals surface area contributed by atoms with Crippen LogP contribution < -0.4 is 10.1 Å². The molecule has 3 aliphatic heterocycles. The number of hydrogen-bond donors (Lipinski definition) is 1. The highest BCUT2D eigenvalue weighted by atomic mass is 32.2. The van der Waals surface area contributed by atoms with E-state index < -0.39 is 22.9 Å². The zero-order valence-corrected chi connectivity index (χ0v) is 17.4. The number of hydrogen-bond acceptors (Lipinski definition) is 5. The van der Waals surface area contributed by atoms with Crippen LogP contribution in [0.5, 0.6) is 5.75 Å². The fourth-order valence-electron chi connectivity index (χ4n) is 4.40. The van der Waals surface area contributed by atoms with Crippen LogP contribution in [0, 0.1) is 5.82 Å². The van der Waals surface area contributed by atoms with Gasteiger partial charge in [0.15, 0.2) is 5.54 Å². The zero-order chi connectivity index (χ0) is 21.6. The summed E-state index contributed by atoms with van der Waals surface area (Å²) in [7, 11) is 0. The second-order valence-electron chi connectivity index (χ2n) is 7.65. The van der Waals surface area contributed by atoms with E-state index in [9.17, 15) is 18.8 Å². The average Bonchev–Trinajstić information content (AvgIpc) is 3.34. The fourth-order valence-corrected chi connectivity index (χ4v) is 5.70. The van der Waals surface area contributed by atoms with E-state index in [1.54, 1.807) is 42.5 Å². The number of carbonyl (C=O) groups is 3. The third kappa shape index (κ3) is 3.15. The second-order valence-corrected chi connectivity index (χ2v) is 8.84. The number of urea groups is 1. The molecule has 3 heterocycles. The molecule has 0 aliphatic carbocycles. The van der Waals surface area contributed by atoms with Gasteiger partial charge in [-0.15, -0.1) is 11.8 Å². The van der Waals surface area contributed by atoms with Crippen LogP contribution in [0.15, 0.2) is 48.5 Å². The number of thioether (sulfide) groups is 1. The quantitative estimate of drug-likeness (QED) is 0.741. The molecule has 2 fully saturated rings. The number of halogens is 1. The number of benzene rings is 2. The summed E-state index contributed by atoms with van der Waals surface area (Å²) in [6.45, 7) is 0.317. The van der Waals surface area contributed by atoms with Gasteiger partial charge in [-0.25, -0.2) is 9.18 Å². The summed E-state index contributed by atoms with van der Waals surface area (Å²) in [5, 5.41) is 2.32. The Morgan fingerprint density at radius 3 is 2.81 bits per heavy atom. The lowest BCUT2D eigenvalue weighted by Gasteiger charge is -2.33. The van der Waals surface area contributed by atoms with Crippen molar-refractivity contribution >= 4 is 29.6 Å². The van der Waals surface area contributed by atoms with Gasteiger partial charge >= 0.3 is 6.03 Å². The van der Waals surface area contributed by atoms with Crippen molar-refractivity contribution in [2.24, 2.45) is 0 Å². The van der Waals surface area contributed by atoms with Crippen molar-refractivity contribution in [3.8, 4) is 5.75 Å². The molecule has 0 aromatic heterocycles. The Kier molecular flexibility index (Phi) is 4.85. The summed E-state index contributed by atoms with van der Waals surface area (Å²) < 4.78 is 19.9. The summed E-state index contributed by atoms with van der Waals surface area (Å²) >= 11 is 1.46.